The predicted molar refractivity (Wildman–Crippen MR) is 98.3 cm³/mol. The second-order valence-corrected chi connectivity index (χ2v) is 8.64. The summed E-state index contributed by atoms with van der Waals surface area (Å²) in [6.07, 6.45) is 6.10. The SMILES string of the molecule is CS(=O)(=O)NC1CCN(CC(=O)N2CCN(c3ncccn3)CC2)CC1. The van der Waals surface area contributed by atoms with E-state index in [-0.39, 0.29) is 11.9 Å². The van der Waals surface area contributed by atoms with Crippen molar-refractivity contribution < 1.29 is 13.2 Å². The van der Waals surface area contributed by atoms with Crippen LogP contribution in [0.25, 0.3) is 0 Å². The summed E-state index contributed by atoms with van der Waals surface area (Å²) >= 11 is 0. The lowest BCUT2D eigenvalue weighted by Gasteiger charge is -2.37. The van der Waals surface area contributed by atoms with Gasteiger partial charge in [-0.1, -0.05) is 0 Å². The van der Waals surface area contributed by atoms with Crippen molar-refractivity contribution in [1.82, 2.24) is 24.5 Å². The highest BCUT2D eigenvalue weighted by atomic mass is 32.2. The zero-order chi connectivity index (χ0) is 18.6. The molecule has 0 aliphatic carbocycles. The molecule has 0 aromatic carbocycles. The third kappa shape index (κ3) is 5.36. The van der Waals surface area contributed by atoms with Crippen molar-refractivity contribution in [3.8, 4) is 0 Å². The standard InChI is InChI=1S/C16H26N6O3S/c1-26(24,25)19-14-3-7-20(8-4-14)13-15(23)21-9-11-22(12-10-21)16-17-5-2-6-18-16/h2,5-6,14,19H,3-4,7-13H2,1H3. The fourth-order valence-electron chi connectivity index (χ4n) is 3.41. The number of carbonyl (C=O) groups is 1. The van der Waals surface area contributed by atoms with Crippen LogP contribution >= 0.6 is 0 Å². The summed E-state index contributed by atoms with van der Waals surface area (Å²) in [5, 5.41) is 0. The van der Waals surface area contributed by atoms with E-state index in [2.05, 4.69) is 24.5 Å². The van der Waals surface area contributed by atoms with Gasteiger partial charge in [0.1, 0.15) is 0 Å². The molecule has 0 radical (unpaired) electrons. The number of piperidine rings is 1. The highest BCUT2D eigenvalue weighted by Crippen LogP contribution is 2.13. The summed E-state index contributed by atoms with van der Waals surface area (Å²) in [5.41, 5.74) is 0. The Labute approximate surface area is 154 Å². The number of hydrogen-bond acceptors (Lipinski definition) is 7. The number of sulfonamides is 1. The number of anilines is 1. The Kier molecular flexibility index (Phi) is 6.05. The Hall–Kier alpha value is -1.78. The van der Waals surface area contributed by atoms with Gasteiger partial charge in [-0.3, -0.25) is 9.69 Å². The number of piperazine rings is 1. The molecule has 0 spiro atoms. The molecule has 26 heavy (non-hydrogen) atoms. The van der Waals surface area contributed by atoms with Crippen LogP contribution in [0.5, 0.6) is 0 Å². The van der Waals surface area contributed by atoms with Crippen LogP contribution in [-0.4, -0.2) is 92.2 Å². The van der Waals surface area contributed by atoms with Gasteiger partial charge in [-0.2, -0.15) is 0 Å². The van der Waals surface area contributed by atoms with E-state index in [1.54, 1.807) is 18.5 Å². The molecule has 0 unspecified atom stereocenters. The highest BCUT2D eigenvalue weighted by Gasteiger charge is 2.26. The molecular formula is C16H26N6O3S. The summed E-state index contributed by atoms with van der Waals surface area (Å²) in [6.45, 7) is 4.67. The molecule has 1 aromatic rings. The fraction of sp³-hybridized carbons (Fsp3) is 0.688. The molecule has 9 nitrogen and oxygen atoms in total. The Bertz CT molecular complexity index is 698. The molecule has 1 amide bonds. The molecule has 2 saturated heterocycles. The average Bonchev–Trinajstić information content (AvgIpc) is 2.63. The second-order valence-electron chi connectivity index (χ2n) is 6.86. The van der Waals surface area contributed by atoms with Crippen LogP contribution in [-0.2, 0) is 14.8 Å². The number of amides is 1. The maximum absolute atomic E-state index is 12.5. The Morgan fingerprint density at radius 2 is 1.73 bits per heavy atom. The van der Waals surface area contributed by atoms with Crippen LogP contribution in [0.4, 0.5) is 5.95 Å². The van der Waals surface area contributed by atoms with E-state index in [0.717, 1.165) is 39.0 Å². The van der Waals surface area contributed by atoms with Crippen LogP contribution in [0.2, 0.25) is 0 Å². The van der Waals surface area contributed by atoms with Gasteiger partial charge in [0.2, 0.25) is 21.9 Å². The van der Waals surface area contributed by atoms with E-state index in [9.17, 15) is 13.2 Å². The van der Waals surface area contributed by atoms with Gasteiger partial charge in [-0.05, 0) is 18.9 Å². The van der Waals surface area contributed by atoms with Crippen LogP contribution in [0.3, 0.4) is 0 Å². The van der Waals surface area contributed by atoms with Crippen molar-refractivity contribution in [3.05, 3.63) is 18.5 Å². The minimum absolute atomic E-state index is 0.0224. The molecule has 3 rings (SSSR count). The molecule has 0 atom stereocenters. The molecule has 2 aliphatic heterocycles. The number of rotatable bonds is 5. The number of nitrogens with one attached hydrogen (secondary N) is 1. The number of aromatic nitrogens is 2. The average molecular weight is 382 g/mol. The first-order valence-corrected chi connectivity index (χ1v) is 10.8. The van der Waals surface area contributed by atoms with Crippen molar-refractivity contribution in [2.45, 2.75) is 18.9 Å². The molecule has 1 aromatic heterocycles. The van der Waals surface area contributed by atoms with E-state index in [4.69, 9.17) is 0 Å². The summed E-state index contributed by atoms with van der Waals surface area (Å²) in [7, 11) is -3.17. The third-order valence-corrected chi connectivity index (χ3v) is 5.56. The molecular weight excluding hydrogens is 356 g/mol. The highest BCUT2D eigenvalue weighted by molar-refractivity contribution is 7.88. The van der Waals surface area contributed by atoms with E-state index >= 15 is 0 Å². The van der Waals surface area contributed by atoms with Gasteiger partial charge in [0.25, 0.3) is 0 Å². The van der Waals surface area contributed by atoms with Gasteiger partial charge in [-0.15, -0.1) is 0 Å². The van der Waals surface area contributed by atoms with E-state index in [1.807, 2.05) is 4.90 Å². The first kappa shape index (κ1) is 19.0. The minimum Gasteiger partial charge on any atom is -0.338 e. The van der Waals surface area contributed by atoms with Crippen molar-refractivity contribution >= 4 is 21.9 Å². The zero-order valence-electron chi connectivity index (χ0n) is 15.0. The summed E-state index contributed by atoms with van der Waals surface area (Å²) in [4.78, 5) is 27.1. The monoisotopic (exact) mass is 382 g/mol. The smallest absolute Gasteiger partial charge is 0.236 e. The van der Waals surface area contributed by atoms with E-state index in [0.29, 0.717) is 25.6 Å². The molecule has 1 N–H and O–H groups in total. The van der Waals surface area contributed by atoms with Gasteiger partial charge in [0.15, 0.2) is 0 Å². The third-order valence-electron chi connectivity index (χ3n) is 4.79. The van der Waals surface area contributed by atoms with Crippen LogP contribution in [0, 0.1) is 0 Å². The van der Waals surface area contributed by atoms with Gasteiger partial charge in [0, 0.05) is 57.7 Å². The maximum atomic E-state index is 12.5. The molecule has 3 heterocycles. The second kappa shape index (κ2) is 8.28. The molecule has 2 aliphatic rings. The Balaban J connectivity index is 1.41. The quantitative estimate of drug-likeness (QED) is 0.707. The zero-order valence-corrected chi connectivity index (χ0v) is 15.9. The van der Waals surface area contributed by atoms with E-state index < -0.39 is 10.0 Å². The molecule has 0 saturated carbocycles. The van der Waals surface area contributed by atoms with Crippen molar-refractivity contribution in [2.24, 2.45) is 0 Å². The minimum atomic E-state index is -3.17. The van der Waals surface area contributed by atoms with Gasteiger partial charge < -0.3 is 9.80 Å². The Morgan fingerprint density at radius 3 is 2.31 bits per heavy atom. The number of carbonyl (C=O) groups excluding carboxylic acids is 1. The number of hydrogen-bond donors (Lipinski definition) is 1. The lowest BCUT2D eigenvalue weighted by molar-refractivity contribution is -0.133. The number of nitrogens with zero attached hydrogens (tertiary/aromatic N) is 5. The lowest BCUT2D eigenvalue weighted by atomic mass is 10.1. The van der Waals surface area contributed by atoms with Crippen molar-refractivity contribution in [3.63, 3.8) is 0 Å². The first-order valence-electron chi connectivity index (χ1n) is 8.90. The summed E-state index contributed by atoms with van der Waals surface area (Å²) < 4.78 is 25.2. The topological polar surface area (TPSA) is 98.7 Å². The number of likely N-dealkylation sites (tertiary alicyclic amines) is 1. The van der Waals surface area contributed by atoms with Crippen molar-refractivity contribution in [2.75, 3.05) is 57.0 Å². The first-order chi connectivity index (χ1) is 12.4. The molecule has 10 heteroatoms. The van der Waals surface area contributed by atoms with E-state index in [1.165, 1.54) is 6.26 Å². The molecule has 2 fully saturated rings. The lowest BCUT2D eigenvalue weighted by Crippen LogP contribution is -2.53. The molecule has 0 bridgehead atoms. The summed E-state index contributed by atoms with van der Waals surface area (Å²) in [5.74, 6) is 0.841. The van der Waals surface area contributed by atoms with Gasteiger partial charge in [0.05, 0.1) is 12.8 Å². The van der Waals surface area contributed by atoms with Crippen LogP contribution in [0.1, 0.15) is 12.8 Å². The normalized spacial score (nSPS) is 20.3. The Morgan fingerprint density at radius 1 is 1.12 bits per heavy atom. The maximum Gasteiger partial charge on any atom is 0.236 e. The summed E-state index contributed by atoms with van der Waals surface area (Å²) in [6, 6.07) is 1.77. The molecule has 144 valence electrons. The van der Waals surface area contributed by atoms with Crippen molar-refractivity contribution in [1.29, 1.82) is 0 Å². The largest absolute Gasteiger partial charge is 0.338 e. The van der Waals surface area contributed by atoms with Gasteiger partial charge >= 0.3 is 0 Å². The fourth-order valence-corrected chi connectivity index (χ4v) is 4.25. The predicted octanol–water partition coefficient (Wildman–Crippen LogP) is -0.861. The van der Waals surface area contributed by atoms with Crippen LogP contribution in [0.15, 0.2) is 18.5 Å². The van der Waals surface area contributed by atoms with Crippen LogP contribution < -0.4 is 9.62 Å². The van der Waals surface area contributed by atoms with Gasteiger partial charge in [-0.25, -0.2) is 23.1 Å².